The van der Waals surface area contributed by atoms with E-state index in [1.807, 2.05) is 30.3 Å². The number of rotatable bonds is 7. The molecule has 3 aromatic rings. The maximum atomic E-state index is 11.3. The van der Waals surface area contributed by atoms with E-state index >= 15 is 0 Å². The number of benzene rings is 2. The van der Waals surface area contributed by atoms with Crippen LogP contribution in [-0.4, -0.2) is 37.8 Å². The maximum Gasteiger partial charge on any atom is 0.356 e. The molecule has 0 amide bonds. The lowest BCUT2D eigenvalue weighted by atomic mass is 10.2. The average Bonchev–Trinajstić information content (AvgIpc) is 3.12. The zero-order valence-electron chi connectivity index (χ0n) is 14.8. The minimum absolute atomic E-state index is 0.0256. The van der Waals surface area contributed by atoms with Gasteiger partial charge in [0, 0.05) is 24.3 Å². The molecule has 0 aliphatic rings. The van der Waals surface area contributed by atoms with Crippen LogP contribution in [0.2, 0.25) is 0 Å². The number of aromatic nitrogens is 2. The van der Waals surface area contributed by atoms with Gasteiger partial charge in [-0.3, -0.25) is 10.1 Å². The van der Waals surface area contributed by atoms with Gasteiger partial charge in [0.2, 0.25) is 11.0 Å². The van der Waals surface area contributed by atoms with Crippen LogP contribution >= 0.6 is 11.5 Å². The smallest absolute Gasteiger partial charge is 0.356 e. The molecule has 28 heavy (non-hydrogen) atoms. The highest BCUT2D eigenvalue weighted by Gasteiger charge is 2.18. The molecule has 0 saturated carbocycles. The van der Waals surface area contributed by atoms with Crippen molar-refractivity contribution in [3.8, 4) is 17.1 Å². The van der Waals surface area contributed by atoms with Crippen molar-refractivity contribution in [2.24, 2.45) is 4.99 Å². The van der Waals surface area contributed by atoms with Crippen LogP contribution in [0, 0.1) is 10.1 Å². The minimum atomic E-state index is -1.36. The quantitative estimate of drug-likeness (QED) is 0.481. The standard InChI is InChI=1S/C18H16N4O5S/c1-2-27-16(17(23)24)20-18-19-15(12-6-4-3-5-7-12)21(28-18)13-8-10-14(11-9-13)22(25)26/h3-11,16H,2H2,1H3,(H,23,24). The van der Waals surface area contributed by atoms with Gasteiger partial charge >= 0.3 is 5.97 Å². The van der Waals surface area contributed by atoms with Gasteiger partial charge in [-0.15, -0.1) is 0 Å². The predicted molar refractivity (Wildman–Crippen MR) is 102 cm³/mol. The molecular weight excluding hydrogens is 384 g/mol. The second-order valence-electron chi connectivity index (χ2n) is 5.52. The highest BCUT2D eigenvalue weighted by molar-refractivity contribution is 7.04. The van der Waals surface area contributed by atoms with E-state index in [1.54, 1.807) is 23.0 Å². The highest BCUT2D eigenvalue weighted by Crippen LogP contribution is 2.23. The zero-order valence-corrected chi connectivity index (χ0v) is 15.6. The lowest BCUT2D eigenvalue weighted by molar-refractivity contribution is -0.384. The molecule has 1 aromatic heterocycles. The van der Waals surface area contributed by atoms with Crippen molar-refractivity contribution >= 4 is 23.2 Å². The van der Waals surface area contributed by atoms with Gasteiger partial charge in [-0.25, -0.2) is 13.7 Å². The summed E-state index contributed by atoms with van der Waals surface area (Å²) in [6.07, 6.45) is -1.36. The van der Waals surface area contributed by atoms with Crippen LogP contribution in [0.15, 0.2) is 59.6 Å². The summed E-state index contributed by atoms with van der Waals surface area (Å²) >= 11 is 1.12. The molecular formula is C18H16N4O5S. The van der Waals surface area contributed by atoms with Gasteiger partial charge in [0.15, 0.2) is 5.82 Å². The number of nitro groups is 1. The maximum absolute atomic E-state index is 11.3. The Kier molecular flexibility index (Phi) is 5.92. The molecule has 1 atom stereocenters. The Morgan fingerprint density at radius 3 is 2.54 bits per heavy atom. The second kappa shape index (κ2) is 8.55. The normalized spacial score (nSPS) is 12.7. The van der Waals surface area contributed by atoms with Gasteiger partial charge in [-0.1, -0.05) is 30.3 Å². The van der Waals surface area contributed by atoms with Crippen molar-refractivity contribution in [1.82, 2.24) is 8.94 Å². The fourth-order valence-electron chi connectivity index (χ4n) is 2.41. The lowest BCUT2D eigenvalue weighted by Gasteiger charge is -2.06. The molecule has 0 bridgehead atoms. The Labute approximate surface area is 163 Å². The molecule has 0 radical (unpaired) electrons. The molecule has 1 heterocycles. The van der Waals surface area contributed by atoms with E-state index in [-0.39, 0.29) is 17.1 Å². The average molecular weight is 400 g/mol. The van der Waals surface area contributed by atoms with Crippen molar-refractivity contribution in [3.63, 3.8) is 0 Å². The molecule has 0 saturated heterocycles. The largest absolute Gasteiger partial charge is 0.478 e. The number of carboxylic acids is 1. The van der Waals surface area contributed by atoms with Crippen molar-refractivity contribution < 1.29 is 19.6 Å². The monoisotopic (exact) mass is 400 g/mol. The summed E-state index contributed by atoms with van der Waals surface area (Å²) in [5.41, 5.74) is 1.41. The molecule has 0 fully saturated rings. The van der Waals surface area contributed by atoms with Crippen molar-refractivity contribution in [2.75, 3.05) is 6.61 Å². The fraction of sp³-hybridized carbons (Fsp3) is 0.167. The van der Waals surface area contributed by atoms with E-state index < -0.39 is 17.1 Å². The zero-order chi connectivity index (χ0) is 20.1. The number of aliphatic carboxylic acids is 1. The Bertz CT molecular complexity index is 1040. The summed E-state index contributed by atoms with van der Waals surface area (Å²) in [7, 11) is 0. The molecule has 0 aliphatic heterocycles. The third-order valence-electron chi connectivity index (χ3n) is 3.66. The van der Waals surface area contributed by atoms with E-state index in [0.29, 0.717) is 11.5 Å². The molecule has 2 aromatic carbocycles. The van der Waals surface area contributed by atoms with Crippen molar-refractivity contribution in [3.05, 3.63) is 69.5 Å². The Morgan fingerprint density at radius 1 is 1.29 bits per heavy atom. The van der Waals surface area contributed by atoms with Crippen molar-refractivity contribution in [2.45, 2.75) is 13.2 Å². The van der Waals surface area contributed by atoms with Gasteiger partial charge in [-0.2, -0.15) is 4.98 Å². The molecule has 0 spiro atoms. The molecule has 1 unspecified atom stereocenters. The van der Waals surface area contributed by atoms with E-state index in [9.17, 15) is 20.0 Å². The fourth-order valence-corrected chi connectivity index (χ4v) is 3.30. The summed E-state index contributed by atoms with van der Waals surface area (Å²) in [5, 5.41) is 20.1. The van der Waals surface area contributed by atoms with E-state index in [4.69, 9.17) is 4.74 Å². The van der Waals surface area contributed by atoms with Crippen LogP contribution in [0.25, 0.3) is 17.1 Å². The number of hydrogen-bond donors (Lipinski definition) is 1. The number of nitro benzene ring substituents is 1. The SMILES string of the molecule is CCOC(N=c1nc(-c2ccccc2)n(-c2ccc([N+](=O)[O-])cc2)s1)C(=O)O. The van der Waals surface area contributed by atoms with Gasteiger partial charge in [-0.05, 0) is 30.6 Å². The Morgan fingerprint density at radius 2 is 1.96 bits per heavy atom. The topological polar surface area (TPSA) is 120 Å². The summed E-state index contributed by atoms with van der Waals surface area (Å²) in [6, 6.07) is 15.3. The molecule has 144 valence electrons. The van der Waals surface area contributed by atoms with Crippen LogP contribution < -0.4 is 4.80 Å². The third-order valence-corrected chi connectivity index (χ3v) is 4.58. The molecule has 0 aliphatic carbocycles. The second-order valence-corrected chi connectivity index (χ2v) is 6.43. The number of nitrogens with zero attached hydrogens (tertiary/aromatic N) is 4. The van der Waals surface area contributed by atoms with E-state index in [2.05, 4.69) is 9.98 Å². The first-order valence-corrected chi connectivity index (χ1v) is 9.06. The van der Waals surface area contributed by atoms with Crippen LogP contribution in [0.4, 0.5) is 5.69 Å². The van der Waals surface area contributed by atoms with Crippen molar-refractivity contribution in [1.29, 1.82) is 0 Å². The predicted octanol–water partition coefficient (Wildman–Crippen LogP) is 2.86. The number of ether oxygens (including phenoxy) is 1. The summed E-state index contributed by atoms with van der Waals surface area (Å²) < 4.78 is 6.87. The number of carbonyl (C=O) groups is 1. The van der Waals surface area contributed by atoms with Crippen LogP contribution in [0.3, 0.4) is 0 Å². The van der Waals surface area contributed by atoms with Gasteiger partial charge < -0.3 is 9.84 Å². The van der Waals surface area contributed by atoms with Crippen LogP contribution in [0.5, 0.6) is 0 Å². The summed E-state index contributed by atoms with van der Waals surface area (Å²) in [6.45, 7) is 1.87. The lowest BCUT2D eigenvalue weighted by Crippen LogP contribution is -2.24. The van der Waals surface area contributed by atoms with Gasteiger partial charge in [0.25, 0.3) is 5.69 Å². The number of hydrogen-bond acceptors (Lipinski definition) is 7. The van der Waals surface area contributed by atoms with Gasteiger partial charge in [0.05, 0.1) is 10.6 Å². The van der Waals surface area contributed by atoms with Crippen LogP contribution in [-0.2, 0) is 9.53 Å². The first kappa shape index (κ1) is 19.4. The number of carboxylic acid groups (broad SMARTS) is 1. The van der Waals surface area contributed by atoms with Gasteiger partial charge in [0.1, 0.15) is 0 Å². The Hall–Kier alpha value is -3.37. The first-order chi connectivity index (χ1) is 13.5. The van der Waals surface area contributed by atoms with Crippen LogP contribution in [0.1, 0.15) is 6.92 Å². The molecule has 9 nitrogen and oxygen atoms in total. The number of non-ortho nitro benzene ring substituents is 1. The molecule has 1 N–H and O–H groups in total. The summed E-state index contributed by atoms with van der Waals surface area (Å²) in [4.78, 5) is 30.5. The van der Waals surface area contributed by atoms with E-state index in [1.165, 1.54) is 12.1 Å². The molecule has 3 rings (SSSR count). The van der Waals surface area contributed by atoms with E-state index in [0.717, 1.165) is 17.1 Å². The minimum Gasteiger partial charge on any atom is -0.478 e. The Balaban J connectivity index is 2.13. The first-order valence-electron chi connectivity index (χ1n) is 8.28. The highest BCUT2D eigenvalue weighted by atomic mass is 32.1. The summed E-state index contributed by atoms with van der Waals surface area (Å²) in [5.74, 6) is -0.668. The third kappa shape index (κ3) is 4.30. The molecule has 10 heteroatoms.